The predicted octanol–water partition coefficient (Wildman–Crippen LogP) is 1.66. The van der Waals surface area contributed by atoms with Crippen molar-refractivity contribution in [3.05, 3.63) is 29.6 Å². The molecule has 4 nitrogen and oxygen atoms in total. The molecule has 1 aliphatic heterocycles. The first-order valence-electron chi connectivity index (χ1n) is 5.70. The zero-order valence-corrected chi connectivity index (χ0v) is 10.0. The maximum Gasteiger partial charge on any atom is 0.252 e. The number of carbonyl (C=O) groups excluding carboxylic acids is 2. The Morgan fingerprint density at radius 2 is 1.95 bits per heavy atom. The molecular formula is C12H11F3N2O2. The number of imide groups is 1. The molecule has 1 aliphatic rings. The lowest BCUT2D eigenvalue weighted by Crippen LogP contribution is -2.34. The number of anilines is 1. The molecule has 2 amide bonds. The summed E-state index contributed by atoms with van der Waals surface area (Å²) in [4.78, 5) is 24.2. The molecule has 1 atom stereocenters. The smallest absolute Gasteiger partial charge is 0.252 e. The molecule has 2 rings (SSSR count). The van der Waals surface area contributed by atoms with Gasteiger partial charge in [-0.15, -0.1) is 0 Å². The Morgan fingerprint density at radius 3 is 2.53 bits per heavy atom. The number of nitrogens with one attached hydrogen (secondary N) is 1. The highest BCUT2D eigenvalue weighted by Crippen LogP contribution is 2.23. The Balaban J connectivity index is 2.21. The van der Waals surface area contributed by atoms with Gasteiger partial charge in [-0.25, -0.2) is 13.2 Å². The van der Waals surface area contributed by atoms with Crippen molar-refractivity contribution in [2.45, 2.75) is 19.4 Å². The first kappa shape index (κ1) is 13.4. The molecule has 0 aliphatic carbocycles. The van der Waals surface area contributed by atoms with Gasteiger partial charge in [-0.1, -0.05) is 0 Å². The van der Waals surface area contributed by atoms with Gasteiger partial charge in [-0.3, -0.25) is 14.5 Å². The Morgan fingerprint density at radius 1 is 1.26 bits per heavy atom. The minimum Gasteiger partial charge on any atom is -0.371 e. The van der Waals surface area contributed by atoms with Crippen molar-refractivity contribution in [2.24, 2.45) is 0 Å². The van der Waals surface area contributed by atoms with Crippen molar-refractivity contribution in [3.8, 4) is 0 Å². The lowest BCUT2D eigenvalue weighted by atomic mass is 10.2. The van der Waals surface area contributed by atoms with Crippen LogP contribution in [-0.2, 0) is 9.59 Å². The topological polar surface area (TPSA) is 49.4 Å². The SMILES string of the molecule is CCN1C(=O)CC(Nc2ccc(F)c(F)c2F)C1=O. The van der Waals surface area contributed by atoms with Gasteiger partial charge in [0.1, 0.15) is 6.04 Å². The van der Waals surface area contributed by atoms with Gasteiger partial charge in [0.15, 0.2) is 17.5 Å². The molecule has 102 valence electrons. The van der Waals surface area contributed by atoms with Crippen LogP contribution in [-0.4, -0.2) is 29.3 Å². The van der Waals surface area contributed by atoms with E-state index in [1.54, 1.807) is 6.92 Å². The number of halogens is 3. The van der Waals surface area contributed by atoms with E-state index in [1.165, 1.54) is 0 Å². The van der Waals surface area contributed by atoms with Crippen molar-refractivity contribution in [2.75, 3.05) is 11.9 Å². The third-order valence-corrected chi connectivity index (χ3v) is 2.93. The Kier molecular flexibility index (Phi) is 3.46. The van der Waals surface area contributed by atoms with E-state index in [0.29, 0.717) is 0 Å². The normalized spacial score (nSPS) is 19.2. The van der Waals surface area contributed by atoms with E-state index in [2.05, 4.69) is 5.32 Å². The highest BCUT2D eigenvalue weighted by molar-refractivity contribution is 6.06. The van der Waals surface area contributed by atoms with Gasteiger partial charge >= 0.3 is 0 Å². The molecule has 0 spiro atoms. The van der Waals surface area contributed by atoms with Crippen LogP contribution in [0.3, 0.4) is 0 Å². The van der Waals surface area contributed by atoms with E-state index in [1.807, 2.05) is 0 Å². The summed E-state index contributed by atoms with van der Waals surface area (Å²) < 4.78 is 39.2. The summed E-state index contributed by atoms with van der Waals surface area (Å²) >= 11 is 0. The van der Waals surface area contributed by atoms with E-state index in [-0.39, 0.29) is 24.6 Å². The fourth-order valence-corrected chi connectivity index (χ4v) is 1.95. The van der Waals surface area contributed by atoms with Crippen LogP contribution < -0.4 is 5.32 Å². The summed E-state index contributed by atoms with van der Waals surface area (Å²) in [7, 11) is 0. The van der Waals surface area contributed by atoms with Crippen molar-refractivity contribution in [1.29, 1.82) is 0 Å². The molecule has 1 unspecified atom stereocenters. The van der Waals surface area contributed by atoms with Gasteiger partial charge in [0.25, 0.3) is 5.91 Å². The first-order chi connectivity index (χ1) is 8.95. The molecule has 1 heterocycles. The molecular weight excluding hydrogens is 261 g/mol. The fourth-order valence-electron chi connectivity index (χ4n) is 1.95. The van der Waals surface area contributed by atoms with Gasteiger partial charge in [-0.05, 0) is 19.1 Å². The number of amides is 2. The maximum atomic E-state index is 13.4. The maximum absolute atomic E-state index is 13.4. The second-order valence-electron chi connectivity index (χ2n) is 4.10. The summed E-state index contributed by atoms with van der Waals surface area (Å²) in [6, 6.07) is 0.784. The minimum absolute atomic E-state index is 0.134. The molecule has 0 radical (unpaired) electrons. The number of likely N-dealkylation sites (N-methyl/N-ethyl adjacent to an activating group) is 1. The van der Waals surface area contributed by atoms with Crippen LogP contribution in [0.5, 0.6) is 0 Å². The number of hydrogen-bond acceptors (Lipinski definition) is 3. The minimum atomic E-state index is -1.62. The Bertz CT molecular complexity index is 548. The molecule has 1 fully saturated rings. The summed E-state index contributed by atoms with van der Waals surface area (Å²) in [6.07, 6.45) is -0.134. The second kappa shape index (κ2) is 4.91. The Labute approximate surface area is 107 Å². The van der Waals surface area contributed by atoms with Gasteiger partial charge in [0.2, 0.25) is 5.91 Å². The molecule has 19 heavy (non-hydrogen) atoms. The van der Waals surface area contributed by atoms with E-state index < -0.39 is 29.4 Å². The summed E-state index contributed by atoms with van der Waals surface area (Å²) in [5, 5.41) is 2.43. The highest BCUT2D eigenvalue weighted by Gasteiger charge is 2.37. The average Bonchev–Trinajstić information content (AvgIpc) is 2.65. The van der Waals surface area contributed by atoms with Gasteiger partial charge in [0, 0.05) is 6.54 Å². The fraction of sp³-hybridized carbons (Fsp3) is 0.333. The summed E-state index contributed by atoms with van der Waals surface area (Å²) in [5.41, 5.74) is -0.344. The quantitative estimate of drug-likeness (QED) is 0.672. The monoisotopic (exact) mass is 272 g/mol. The largest absolute Gasteiger partial charge is 0.371 e. The van der Waals surface area contributed by atoms with E-state index in [9.17, 15) is 22.8 Å². The van der Waals surface area contributed by atoms with Crippen LogP contribution in [0.25, 0.3) is 0 Å². The lowest BCUT2D eigenvalue weighted by molar-refractivity contribution is -0.138. The molecule has 1 N–H and O–H groups in total. The number of benzene rings is 1. The van der Waals surface area contributed by atoms with Crippen molar-refractivity contribution >= 4 is 17.5 Å². The molecule has 0 aromatic heterocycles. The third-order valence-electron chi connectivity index (χ3n) is 2.93. The van der Waals surface area contributed by atoms with Crippen LogP contribution in [0.2, 0.25) is 0 Å². The third kappa shape index (κ3) is 2.27. The van der Waals surface area contributed by atoms with E-state index in [4.69, 9.17) is 0 Å². The predicted molar refractivity (Wildman–Crippen MR) is 60.7 cm³/mol. The van der Waals surface area contributed by atoms with Crippen LogP contribution >= 0.6 is 0 Å². The van der Waals surface area contributed by atoms with E-state index in [0.717, 1.165) is 17.0 Å². The van der Waals surface area contributed by atoms with Gasteiger partial charge < -0.3 is 5.32 Å². The van der Waals surface area contributed by atoms with Crippen LogP contribution in [0, 0.1) is 17.5 Å². The van der Waals surface area contributed by atoms with Crippen molar-refractivity contribution < 1.29 is 22.8 Å². The standard InChI is InChI=1S/C12H11F3N2O2/c1-2-17-9(18)5-8(12(17)19)16-7-4-3-6(13)10(14)11(7)15/h3-4,8,16H,2,5H2,1H3. The highest BCUT2D eigenvalue weighted by atomic mass is 19.2. The molecule has 1 aromatic rings. The molecule has 7 heteroatoms. The summed E-state index contributed by atoms with van der Waals surface area (Å²) in [5.74, 6) is -5.22. The second-order valence-corrected chi connectivity index (χ2v) is 4.10. The number of likely N-dealkylation sites (tertiary alicyclic amines) is 1. The zero-order valence-electron chi connectivity index (χ0n) is 10.0. The van der Waals surface area contributed by atoms with Gasteiger partial charge in [0.05, 0.1) is 12.1 Å². The number of carbonyl (C=O) groups is 2. The van der Waals surface area contributed by atoms with Crippen LogP contribution in [0.1, 0.15) is 13.3 Å². The number of hydrogen-bond donors (Lipinski definition) is 1. The molecule has 1 aromatic carbocycles. The summed E-state index contributed by atoms with van der Waals surface area (Å²) in [6.45, 7) is 1.85. The van der Waals surface area contributed by atoms with E-state index >= 15 is 0 Å². The average molecular weight is 272 g/mol. The Hall–Kier alpha value is -2.05. The van der Waals surface area contributed by atoms with Crippen molar-refractivity contribution in [1.82, 2.24) is 4.90 Å². The number of rotatable bonds is 3. The molecule has 1 saturated heterocycles. The zero-order chi connectivity index (χ0) is 14.2. The molecule has 0 saturated carbocycles. The molecule has 0 bridgehead atoms. The lowest BCUT2D eigenvalue weighted by Gasteiger charge is -2.14. The first-order valence-corrected chi connectivity index (χ1v) is 5.70. The van der Waals surface area contributed by atoms with Crippen LogP contribution in [0.15, 0.2) is 12.1 Å². The number of nitrogens with zero attached hydrogens (tertiary/aromatic N) is 1. The van der Waals surface area contributed by atoms with Crippen LogP contribution in [0.4, 0.5) is 18.9 Å². The van der Waals surface area contributed by atoms with Crippen molar-refractivity contribution in [3.63, 3.8) is 0 Å². The van der Waals surface area contributed by atoms with Gasteiger partial charge in [-0.2, -0.15) is 0 Å².